The van der Waals surface area contributed by atoms with Gasteiger partial charge in [-0.3, -0.25) is 0 Å². The number of carboxylic acid groups (broad SMARTS) is 1. The standard InChI is InChI=1S/C6H4BrNO3.ClH/c7-3-1-4(9)5(6(10)11)8-2-3;/h1-2,9H,(H,10,11);1H. The summed E-state index contributed by atoms with van der Waals surface area (Å²) in [5.41, 5.74) is -0.340. The SMILES string of the molecule is Cl.O=C(O)c1ncc(Br)cc1O. The van der Waals surface area contributed by atoms with E-state index in [0.29, 0.717) is 4.47 Å². The molecule has 0 radical (unpaired) electrons. The van der Waals surface area contributed by atoms with Gasteiger partial charge in [0.05, 0.1) is 0 Å². The van der Waals surface area contributed by atoms with E-state index >= 15 is 0 Å². The van der Waals surface area contributed by atoms with Gasteiger partial charge >= 0.3 is 5.97 Å². The second-order valence-electron chi connectivity index (χ2n) is 1.83. The van der Waals surface area contributed by atoms with Crippen molar-refractivity contribution in [3.8, 4) is 5.75 Å². The van der Waals surface area contributed by atoms with Crippen LogP contribution in [0.4, 0.5) is 0 Å². The first kappa shape index (κ1) is 11.2. The maximum atomic E-state index is 10.3. The fourth-order valence-electron chi connectivity index (χ4n) is 0.593. The Morgan fingerprint density at radius 3 is 2.58 bits per heavy atom. The molecule has 0 atom stereocenters. The zero-order valence-corrected chi connectivity index (χ0v) is 8.09. The molecule has 1 rings (SSSR count). The van der Waals surface area contributed by atoms with Gasteiger partial charge < -0.3 is 10.2 Å². The van der Waals surface area contributed by atoms with Gasteiger partial charge in [0.1, 0.15) is 5.75 Å². The molecule has 0 aliphatic rings. The maximum Gasteiger partial charge on any atom is 0.358 e. The Bertz CT molecular complexity index is 305. The van der Waals surface area contributed by atoms with E-state index in [-0.39, 0.29) is 23.9 Å². The summed E-state index contributed by atoms with van der Waals surface area (Å²) in [4.78, 5) is 13.8. The normalized spacial score (nSPS) is 8.75. The lowest BCUT2D eigenvalue weighted by Gasteiger charge is -1.96. The Kier molecular flexibility index (Phi) is 3.99. The number of hydrogen-bond acceptors (Lipinski definition) is 3. The number of hydrogen-bond donors (Lipinski definition) is 2. The van der Waals surface area contributed by atoms with Gasteiger partial charge in [-0.2, -0.15) is 0 Å². The van der Waals surface area contributed by atoms with Crippen molar-refractivity contribution in [2.24, 2.45) is 0 Å². The fourth-order valence-corrected chi connectivity index (χ4v) is 0.913. The molecule has 0 saturated heterocycles. The molecule has 0 aliphatic carbocycles. The quantitative estimate of drug-likeness (QED) is 0.800. The predicted molar refractivity (Wildman–Crippen MR) is 47.8 cm³/mol. The molecule has 2 N–H and O–H groups in total. The van der Waals surface area contributed by atoms with E-state index in [1.807, 2.05) is 0 Å². The zero-order chi connectivity index (χ0) is 8.43. The van der Waals surface area contributed by atoms with Crippen molar-refractivity contribution in [1.29, 1.82) is 0 Å². The van der Waals surface area contributed by atoms with Gasteiger partial charge in [-0.15, -0.1) is 12.4 Å². The molecule has 1 aromatic rings. The first-order chi connectivity index (χ1) is 5.11. The molecule has 0 amide bonds. The molecule has 66 valence electrons. The highest BCUT2D eigenvalue weighted by Gasteiger charge is 2.10. The molecular formula is C6H5BrClNO3. The van der Waals surface area contributed by atoms with Crippen LogP contribution in [0.15, 0.2) is 16.7 Å². The predicted octanol–water partition coefficient (Wildman–Crippen LogP) is 1.67. The lowest BCUT2D eigenvalue weighted by atomic mass is 10.3. The number of carbonyl (C=O) groups is 1. The number of rotatable bonds is 1. The van der Waals surface area contributed by atoms with Gasteiger partial charge in [0.15, 0.2) is 5.69 Å². The van der Waals surface area contributed by atoms with E-state index in [0.717, 1.165) is 0 Å². The van der Waals surface area contributed by atoms with E-state index < -0.39 is 5.97 Å². The lowest BCUT2D eigenvalue weighted by molar-refractivity contribution is 0.0687. The Balaban J connectivity index is 0.00000121. The Morgan fingerprint density at radius 2 is 2.17 bits per heavy atom. The summed E-state index contributed by atoms with van der Waals surface area (Å²) >= 11 is 3.03. The molecule has 0 bridgehead atoms. The van der Waals surface area contributed by atoms with E-state index in [1.54, 1.807) is 0 Å². The molecule has 4 nitrogen and oxygen atoms in total. The molecule has 1 aromatic heterocycles. The number of aromatic nitrogens is 1. The molecule has 0 unspecified atom stereocenters. The van der Waals surface area contributed by atoms with E-state index in [4.69, 9.17) is 10.2 Å². The molecule has 0 aliphatic heterocycles. The van der Waals surface area contributed by atoms with Gasteiger partial charge in [-0.25, -0.2) is 9.78 Å². The van der Waals surface area contributed by atoms with Crippen LogP contribution in [0.5, 0.6) is 5.75 Å². The monoisotopic (exact) mass is 253 g/mol. The van der Waals surface area contributed by atoms with E-state index in [9.17, 15) is 4.79 Å². The second kappa shape index (κ2) is 4.27. The van der Waals surface area contributed by atoms with Gasteiger partial charge in [0, 0.05) is 10.7 Å². The Hall–Kier alpha value is -0.810. The zero-order valence-electron chi connectivity index (χ0n) is 5.69. The van der Waals surface area contributed by atoms with Crippen molar-refractivity contribution in [2.75, 3.05) is 0 Å². The van der Waals surface area contributed by atoms with Crippen molar-refractivity contribution < 1.29 is 15.0 Å². The lowest BCUT2D eigenvalue weighted by Crippen LogP contribution is -1.99. The average Bonchev–Trinajstić information content (AvgIpc) is 1.85. The summed E-state index contributed by atoms with van der Waals surface area (Å²) < 4.78 is 0.542. The molecule has 0 aromatic carbocycles. The maximum absolute atomic E-state index is 10.3. The number of aromatic hydroxyl groups is 1. The van der Waals surface area contributed by atoms with Crippen molar-refractivity contribution in [3.05, 3.63) is 22.4 Å². The van der Waals surface area contributed by atoms with E-state index in [1.165, 1.54) is 12.3 Å². The topological polar surface area (TPSA) is 70.4 Å². The number of nitrogens with zero attached hydrogens (tertiary/aromatic N) is 1. The largest absolute Gasteiger partial charge is 0.505 e. The van der Waals surface area contributed by atoms with Crippen LogP contribution >= 0.6 is 28.3 Å². The number of pyridine rings is 1. The van der Waals surface area contributed by atoms with Crippen LogP contribution in [0.1, 0.15) is 10.5 Å². The van der Waals surface area contributed by atoms with Crippen molar-refractivity contribution in [1.82, 2.24) is 4.98 Å². The minimum Gasteiger partial charge on any atom is -0.505 e. The summed E-state index contributed by atoms with van der Waals surface area (Å²) in [6.45, 7) is 0. The van der Waals surface area contributed by atoms with Gasteiger partial charge in [-0.05, 0) is 22.0 Å². The first-order valence-electron chi connectivity index (χ1n) is 2.69. The summed E-state index contributed by atoms with van der Waals surface area (Å²) in [6, 6.07) is 1.27. The summed E-state index contributed by atoms with van der Waals surface area (Å²) in [5, 5.41) is 17.4. The number of carboxylic acids is 1. The van der Waals surface area contributed by atoms with Gasteiger partial charge in [-0.1, -0.05) is 0 Å². The van der Waals surface area contributed by atoms with Gasteiger partial charge in [0.2, 0.25) is 0 Å². The van der Waals surface area contributed by atoms with Crippen molar-refractivity contribution >= 4 is 34.3 Å². The Morgan fingerprint density at radius 1 is 1.58 bits per heavy atom. The minimum absolute atomic E-state index is 0. The van der Waals surface area contributed by atoms with Crippen LogP contribution in [0.2, 0.25) is 0 Å². The van der Waals surface area contributed by atoms with Crippen molar-refractivity contribution in [3.63, 3.8) is 0 Å². The second-order valence-corrected chi connectivity index (χ2v) is 2.74. The molecule has 1 heterocycles. The van der Waals surface area contributed by atoms with Crippen LogP contribution in [0.3, 0.4) is 0 Å². The van der Waals surface area contributed by atoms with Crippen LogP contribution in [0, 0.1) is 0 Å². The smallest absolute Gasteiger partial charge is 0.358 e. The fraction of sp³-hybridized carbons (Fsp3) is 0. The highest BCUT2D eigenvalue weighted by atomic mass is 79.9. The molecular weight excluding hydrogens is 249 g/mol. The summed E-state index contributed by atoms with van der Waals surface area (Å²) in [6.07, 6.45) is 1.31. The summed E-state index contributed by atoms with van der Waals surface area (Å²) in [5.74, 6) is -1.58. The minimum atomic E-state index is -1.24. The summed E-state index contributed by atoms with van der Waals surface area (Å²) in [7, 11) is 0. The molecule has 0 spiro atoms. The van der Waals surface area contributed by atoms with Crippen LogP contribution < -0.4 is 0 Å². The number of aromatic carboxylic acids is 1. The molecule has 0 fully saturated rings. The van der Waals surface area contributed by atoms with Crippen LogP contribution in [-0.2, 0) is 0 Å². The third kappa shape index (κ3) is 2.35. The van der Waals surface area contributed by atoms with Crippen LogP contribution in [-0.4, -0.2) is 21.2 Å². The number of halogens is 2. The molecule has 0 saturated carbocycles. The van der Waals surface area contributed by atoms with Crippen molar-refractivity contribution in [2.45, 2.75) is 0 Å². The average molecular weight is 254 g/mol. The first-order valence-corrected chi connectivity index (χ1v) is 3.48. The molecule has 12 heavy (non-hydrogen) atoms. The highest BCUT2D eigenvalue weighted by Crippen LogP contribution is 2.19. The van der Waals surface area contributed by atoms with Gasteiger partial charge in [0.25, 0.3) is 0 Å². The highest BCUT2D eigenvalue weighted by molar-refractivity contribution is 9.10. The Labute approximate surface area is 82.8 Å². The third-order valence-corrected chi connectivity index (χ3v) is 1.47. The van der Waals surface area contributed by atoms with E-state index in [2.05, 4.69) is 20.9 Å². The van der Waals surface area contributed by atoms with Crippen LogP contribution in [0.25, 0.3) is 0 Å². The third-order valence-electron chi connectivity index (χ3n) is 1.04. The molecule has 6 heteroatoms.